The van der Waals surface area contributed by atoms with Gasteiger partial charge in [0.15, 0.2) is 0 Å². The van der Waals surface area contributed by atoms with Gasteiger partial charge in [-0.2, -0.15) is 5.26 Å². The lowest BCUT2D eigenvalue weighted by molar-refractivity contribution is 0.183. The Balaban J connectivity index is 2.05. The molecule has 0 amide bonds. The minimum absolute atomic E-state index is 0.377. The molecule has 3 nitrogen and oxygen atoms in total. The van der Waals surface area contributed by atoms with Crippen LogP contribution in [0.4, 0.5) is 5.69 Å². The van der Waals surface area contributed by atoms with Crippen molar-refractivity contribution in [1.82, 2.24) is 0 Å². The van der Waals surface area contributed by atoms with Gasteiger partial charge in [0.05, 0.1) is 18.2 Å². The quantitative estimate of drug-likeness (QED) is 0.931. The third-order valence-corrected chi connectivity index (χ3v) is 3.81. The van der Waals surface area contributed by atoms with Gasteiger partial charge in [-0.3, -0.25) is 0 Å². The van der Waals surface area contributed by atoms with Gasteiger partial charge in [-0.15, -0.1) is 0 Å². The molecule has 0 radical (unpaired) electrons. The van der Waals surface area contributed by atoms with E-state index in [1.54, 1.807) is 0 Å². The van der Waals surface area contributed by atoms with E-state index in [0.717, 1.165) is 29.8 Å². The van der Waals surface area contributed by atoms with Crippen molar-refractivity contribution in [3.05, 3.63) is 28.2 Å². The molecule has 1 aromatic carbocycles. The maximum atomic E-state index is 8.80. The molecule has 0 aromatic heterocycles. The Kier molecular flexibility index (Phi) is 4.03. The van der Waals surface area contributed by atoms with E-state index >= 15 is 0 Å². The largest absolute Gasteiger partial charge is 0.381 e. The zero-order valence-electron chi connectivity index (χ0n) is 9.74. The van der Waals surface area contributed by atoms with Gasteiger partial charge in [0.1, 0.15) is 0 Å². The summed E-state index contributed by atoms with van der Waals surface area (Å²) >= 11 is 3.48. The minimum atomic E-state index is 0.377. The second kappa shape index (κ2) is 5.52. The van der Waals surface area contributed by atoms with Crippen LogP contribution >= 0.6 is 15.9 Å². The van der Waals surface area contributed by atoms with Crippen LogP contribution in [0.1, 0.15) is 18.9 Å². The van der Waals surface area contributed by atoms with Crippen LogP contribution in [0.25, 0.3) is 0 Å². The maximum Gasteiger partial charge on any atom is 0.0992 e. The zero-order chi connectivity index (χ0) is 12.3. The molecule has 0 saturated carbocycles. The van der Waals surface area contributed by atoms with Gasteiger partial charge in [0.25, 0.3) is 0 Å². The van der Waals surface area contributed by atoms with Gasteiger partial charge in [-0.1, -0.05) is 0 Å². The molecule has 2 unspecified atom stereocenters. The average Bonchev–Trinajstić information content (AvgIpc) is 2.85. The molecule has 4 heteroatoms. The van der Waals surface area contributed by atoms with Crippen molar-refractivity contribution < 1.29 is 4.74 Å². The van der Waals surface area contributed by atoms with Crippen molar-refractivity contribution >= 4 is 21.6 Å². The number of benzene rings is 1. The van der Waals surface area contributed by atoms with Gasteiger partial charge in [-0.25, -0.2) is 0 Å². The average molecular weight is 295 g/mol. The second-order valence-electron chi connectivity index (χ2n) is 4.36. The first-order valence-electron chi connectivity index (χ1n) is 5.74. The van der Waals surface area contributed by atoms with E-state index < -0.39 is 0 Å². The first-order chi connectivity index (χ1) is 8.20. The Bertz CT molecular complexity index is 436. The summed E-state index contributed by atoms with van der Waals surface area (Å²) in [5, 5.41) is 12.3. The fraction of sp³-hybridized carbons (Fsp3) is 0.462. The van der Waals surface area contributed by atoms with Crippen molar-refractivity contribution in [3.8, 4) is 6.07 Å². The van der Waals surface area contributed by atoms with Gasteiger partial charge in [0, 0.05) is 28.7 Å². The Morgan fingerprint density at radius 1 is 1.59 bits per heavy atom. The van der Waals surface area contributed by atoms with E-state index in [1.807, 2.05) is 18.2 Å². The van der Waals surface area contributed by atoms with Crippen LogP contribution in [-0.2, 0) is 4.74 Å². The molecule has 1 heterocycles. The number of hydrogen-bond donors (Lipinski definition) is 1. The highest BCUT2D eigenvalue weighted by Crippen LogP contribution is 2.26. The molecule has 0 aliphatic carbocycles. The molecule has 2 rings (SSSR count). The summed E-state index contributed by atoms with van der Waals surface area (Å²) in [5.41, 5.74) is 1.70. The molecule has 1 aromatic rings. The number of halogens is 1. The summed E-state index contributed by atoms with van der Waals surface area (Å²) in [5.74, 6) is 0.567. The lowest BCUT2D eigenvalue weighted by Crippen LogP contribution is -2.26. The lowest BCUT2D eigenvalue weighted by atomic mass is 10.0. The van der Waals surface area contributed by atoms with Crippen LogP contribution < -0.4 is 5.32 Å². The zero-order valence-corrected chi connectivity index (χ0v) is 11.3. The van der Waals surface area contributed by atoms with Crippen molar-refractivity contribution in [2.24, 2.45) is 5.92 Å². The van der Waals surface area contributed by atoms with Crippen LogP contribution in [0.5, 0.6) is 0 Å². The van der Waals surface area contributed by atoms with Crippen molar-refractivity contribution in [1.29, 1.82) is 5.26 Å². The van der Waals surface area contributed by atoms with Crippen LogP contribution in [0.2, 0.25) is 0 Å². The summed E-state index contributed by atoms with van der Waals surface area (Å²) < 4.78 is 6.32. The van der Waals surface area contributed by atoms with Crippen molar-refractivity contribution in [3.63, 3.8) is 0 Å². The third-order valence-electron chi connectivity index (χ3n) is 3.15. The highest BCUT2D eigenvalue weighted by Gasteiger charge is 2.22. The molecule has 1 aliphatic heterocycles. The first-order valence-corrected chi connectivity index (χ1v) is 6.54. The van der Waals surface area contributed by atoms with Gasteiger partial charge in [-0.05, 0) is 47.5 Å². The number of rotatable bonds is 3. The molecular weight excluding hydrogens is 280 g/mol. The van der Waals surface area contributed by atoms with Gasteiger partial charge in [0.2, 0.25) is 0 Å². The standard InChI is InChI=1S/C13H15BrN2O/c1-9(11-4-5-17-8-11)16-13-3-2-10(7-15)6-12(13)14/h2-3,6,9,11,16H,4-5,8H2,1H3. The molecule has 0 spiro atoms. The Hall–Kier alpha value is -1.05. The second-order valence-corrected chi connectivity index (χ2v) is 5.22. The predicted octanol–water partition coefficient (Wildman–Crippen LogP) is 3.16. The molecule has 0 bridgehead atoms. The van der Waals surface area contributed by atoms with Gasteiger partial charge < -0.3 is 10.1 Å². The summed E-state index contributed by atoms with van der Waals surface area (Å²) in [6.07, 6.45) is 1.11. The molecule has 17 heavy (non-hydrogen) atoms. The van der Waals surface area contributed by atoms with Crippen molar-refractivity contribution in [2.75, 3.05) is 18.5 Å². The smallest absolute Gasteiger partial charge is 0.0992 e. The van der Waals surface area contributed by atoms with Crippen molar-refractivity contribution in [2.45, 2.75) is 19.4 Å². The lowest BCUT2D eigenvalue weighted by Gasteiger charge is -2.21. The maximum absolute atomic E-state index is 8.80. The number of nitrogens with one attached hydrogen (secondary N) is 1. The van der Waals surface area contributed by atoms with Crippen LogP contribution in [0.3, 0.4) is 0 Å². The van der Waals surface area contributed by atoms with Crippen LogP contribution in [-0.4, -0.2) is 19.3 Å². The van der Waals surface area contributed by atoms with Gasteiger partial charge >= 0.3 is 0 Å². The number of nitriles is 1. The summed E-state index contributed by atoms with van der Waals surface area (Å²) in [4.78, 5) is 0. The topological polar surface area (TPSA) is 45.0 Å². The summed E-state index contributed by atoms with van der Waals surface area (Å²) in [7, 11) is 0. The minimum Gasteiger partial charge on any atom is -0.381 e. The highest BCUT2D eigenvalue weighted by molar-refractivity contribution is 9.10. The van der Waals surface area contributed by atoms with E-state index in [9.17, 15) is 0 Å². The molecule has 2 atom stereocenters. The van der Waals surface area contributed by atoms with E-state index in [0.29, 0.717) is 17.5 Å². The number of anilines is 1. The first kappa shape index (κ1) is 12.4. The molecule has 1 aliphatic rings. The highest BCUT2D eigenvalue weighted by atomic mass is 79.9. The number of hydrogen-bond acceptors (Lipinski definition) is 3. The fourth-order valence-corrected chi connectivity index (χ4v) is 2.51. The SMILES string of the molecule is CC(Nc1ccc(C#N)cc1Br)C1CCOC1. The molecular formula is C13H15BrN2O. The Morgan fingerprint density at radius 3 is 3.00 bits per heavy atom. The fourth-order valence-electron chi connectivity index (χ4n) is 2.01. The van der Waals surface area contributed by atoms with E-state index in [-0.39, 0.29) is 0 Å². The molecule has 1 N–H and O–H groups in total. The van der Waals surface area contributed by atoms with E-state index in [2.05, 4.69) is 34.2 Å². The van der Waals surface area contributed by atoms with E-state index in [4.69, 9.17) is 10.00 Å². The summed E-state index contributed by atoms with van der Waals surface area (Å²) in [6, 6.07) is 8.10. The van der Waals surface area contributed by atoms with E-state index in [1.165, 1.54) is 0 Å². The number of ether oxygens (including phenoxy) is 1. The number of nitrogens with zero attached hydrogens (tertiary/aromatic N) is 1. The Morgan fingerprint density at radius 2 is 2.41 bits per heavy atom. The van der Waals surface area contributed by atoms with Crippen LogP contribution in [0.15, 0.2) is 22.7 Å². The molecule has 90 valence electrons. The summed E-state index contributed by atoms with van der Waals surface area (Å²) in [6.45, 7) is 3.87. The Labute approximate surface area is 110 Å². The third kappa shape index (κ3) is 2.99. The normalized spacial score (nSPS) is 20.9. The molecule has 1 saturated heterocycles. The molecule has 1 fully saturated rings. The van der Waals surface area contributed by atoms with Crippen LogP contribution in [0, 0.1) is 17.2 Å². The monoisotopic (exact) mass is 294 g/mol. The predicted molar refractivity (Wildman–Crippen MR) is 70.9 cm³/mol.